The molecular formula is C28H29F2N3O2. The van der Waals surface area contributed by atoms with Gasteiger partial charge < -0.3 is 14.2 Å². The van der Waals surface area contributed by atoms with Gasteiger partial charge in [-0.3, -0.25) is 4.98 Å². The third-order valence-electron chi connectivity index (χ3n) is 7.19. The van der Waals surface area contributed by atoms with Crippen molar-refractivity contribution in [2.75, 3.05) is 0 Å². The van der Waals surface area contributed by atoms with Crippen LogP contribution in [-0.2, 0) is 6.54 Å². The number of aliphatic hydroxyl groups excluding tert-OH is 1. The summed E-state index contributed by atoms with van der Waals surface area (Å²) in [5.41, 5.74) is 7.82. The first-order valence-electron chi connectivity index (χ1n) is 11.9. The summed E-state index contributed by atoms with van der Waals surface area (Å²) in [6.07, 6.45) is 4.74. The Morgan fingerprint density at radius 3 is 2.57 bits per heavy atom. The molecule has 5 rings (SSSR count). The lowest BCUT2D eigenvalue weighted by Crippen LogP contribution is -2.26. The maximum absolute atomic E-state index is 13.8. The summed E-state index contributed by atoms with van der Waals surface area (Å²) < 4.78 is 35.0. The first kappa shape index (κ1) is 23.3. The van der Waals surface area contributed by atoms with E-state index < -0.39 is 5.92 Å². The van der Waals surface area contributed by atoms with Crippen molar-refractivity contribution < 1.29 is 18.4 Å². The molecule has 0 aliphatic heterocycles. The van der Waals surface area contributed by atoms with Gasteiger partial charge in [-0.1, -0.05) is 23.9 Å². The molecule has 35 heavy (non-hydrogen) atoms. The highest BCUT2D eigenvalue weighted by Crippen LogP contribution is 2.39. The van der Waals surface area contributed by atoms with Crippen LogP contribution in [-0.4, -0.2) is 25.7 Å². The lowest BCUT2D eigenvalue weighted by molar-refractivity contribution is -0.0472. The van der Waals surface area contributed by atoms with Gasteiger partial charge in [0, 0.05) is 54.0 Å². The number of alkyl halides is 2. The second-order valence-corrected chi connectivity index (χ2v) is 9.76. The zero-order valence-corrected chi connectivity index (χ0v) is 20.2. The number of aliphatic hydroxyl groups is 1. The molecule has 5 nitrogen and oxygen atoms in total. The Kier molecular flexibility index (Phi) is 5.74. The Hall–Kier alpha value is -3.48. The van der Waals surface area contributed by atoms with Crippen molar-refractivity contribution in [3.63, 3.8) is 0 Å². The fraction of sp³-hybridized carbons (Fsp3) is 0.357. The van der Waals surface area contributed by atoms with Crippen LogP contribution in [0.15, 0.2) is 47.8 Å². The second-order valence-electron chi connectivity index (χ2n) is 9.76. The first-order chi connectivity index (χ1) is 16.6. The van der Waals surface area contributed by atoms with E-state index in [9.17, 15) is 13.9 Å². The molecule has 0 unspecified atom stereocenters. The number of nitrogens with zero attached hydrogens (tertiary/aromatic N) is 3. The second kappa shape index (κ2) is 8.63. The minimum Gasteiger partial charge on any atom is -0.508 e. The van der Waals surface area contributed by atoms with Gasteiger partial charge in [0.2, 0.25) is 5.92 Å². The zero-order chi connectivity index (χ0) is 24.9. The van der Waals surface area contributed by atoms with Gasteiger partial charge in [0.05, 0.1) is 16.7 Å². The molecule has 1 fully saturated rings. The van der Waals surface area contributed by atoms with Gasteiger partial charge in [0.15, 0.2) is 0 Å². The molecule has 1 aromatic carbocycles. The predicted octanol–water partition coefficient (Wildman–Crippen LogP) is 7.64. The molecule has 0 amide bonds. The molecule has 0 saturated heterocycles. The Labute approximate surface area is 203 Å². The highest BCUT2D eigenvalue weighted by atomic mass is 19.3. The van der Waals surface area contributed by atoms with Crippen LogP contribution in [0.3, 0.4) is 0 Å². The summed E-state index contributed by atoms with van der Waals surface area (Å²) in [5, 5.41) is 14.1. The van der Waals surface area contributed by atoms with E-state index in [1.165, 1.54) is 0 Å². The van der Waals surface area contributed by atoms with E-state index >= 15 is 0 Å². The van der Waals surface area contributed by atoms with Crippen LogP contribution in [0.2, 0.25) is 0 Å². The van der Waals surface area contributed by atoms with Crippen molar-refractivity contribution in [3.8, 4) is 22.3 Å². The Morgan fingerprint density at radius 2 is 1.91 bits per heavy atom. The van der Waals surface area contributed by atoms with Crippen molar-refractivity contribution in [2.45, 2.75) is 58.9 Å². The van der Waals surface area contributed by atoms with Crippen molar-refractivity contribution >= 4 is 16.8 Å². The number of fused-ring (bicyclic) bond motifs is 1. The van der Waals surface area contributed by atoms with Crippen LogP contribution in [0.25, 0.3) is 39.0 Å². The minimum atomic E-state index is -2.55. The highest BCUT2D eigenvalue weighted by molar-refractivity contribution is 5.95. The number of hydrogen-bond acceptors (Lipinski definition) is 4. The Balaban J connectivity index is 1.63. The number of aromatic nitrogens is 3. The van der Waals surface area contributed by atoms with Crippen molar-refractivity contribution in [2.24, 2.45) is 5.92 Å². The molecule has 1 aliphatic carbocycles. The van der Waals surface area contributed by atoms with Crippen LogP contribution in [0.4, 0.5) is 8.78 Å². The molecule has 182 valence electrons. The SMILES string of the molecule is C=C(O)c1cc(-c2cn(CC3CCC(F)(F)CC3)c3cc(-c4c(C)noc4C)cnc23)ccc1C. The van der Waals surface area contributed by atoms with Crippen LogP contribution >= 0.6 is 0 Å². The molecule has 1 aliphatic rings. The molecule has 4 aromatic rings. The van der Waals surface area contributed by atoms with Gasteiger partial charge in [-0.15, -0.1) is 0 Å². The predicted molar refractivity (Wildman–Crippen MR) is 133 cm³/mol. The summed E-state index contributed by atoms with van der Waals surface area (Å²) in [6, 6.07) is 7.96. The van der Waals surface area contributed by atoms with Gasteiger partial charge in [-0.2, -0.15) is 0 Å². The van der Waals surface area contributed by atoms with Crippen LogP contribution < -0.4 is 0 Å². The van der Waals surface area contributed by atoms with Crippen LogP contribution in [0, 0.1) is 26.7 Å². The summed E-state index contributed by atoms with van der Waals surface area (Å²) in [6.45, 7) is 10.0. The Bertz CT molecular complexity index is 1400. The Morgan fingerprint density at radius 1 is 1.17 bits per heavy atom. The van der Waals surface area contributed by atoms with E-state index in [2.05, 4.69) is 28.6 Å². The summed E-state index contributed by atoms with van der Waals surface area (Å²) >= 11 is 0. The van der Waals surface area contributed by atoms with Gasteiger partial charge in [0.1, 0.15) is 11.5 Å². The topological polar surface area (TPSA) is 64.1 Å². The van der Waals surface area contributed by atoms with E-state index in [0.29, 0.717) is 24.9 Å². The molecule has 3 heterocycles. The highest BCUT2D eigenvalue weighted by Gasteiger charge is 2.35. The molecule has 1 N–H and O–H groups in total. The van der Waals surface area contributed by atoms with E-state index in [-0.39, 0.29) is 24.5 Å². The number of rotatable bonds is 5. The lowest BCUT2D eigenvalue weighted by Gasteiger charge is -2.28. The van der Waals surface area contributed by atoms with E-state index in [1.807, 2.05) is 45.2 Å². The molecule has 0 radical (unpaired) electrons. The van der Waals surface area contributed by atoms with Crippen molar-refractivity contribution in [3.05, 3.63) is 65.8 Å². The van der Waals surface area contributed by atoms with Crippen molar-refractivity contribution in [1.29, 1.82) is 0 Å². The number of hydrogen-bond donors (Lipinski definition) is 1. The summed E-state index contributed by atoms with van der Waals surface area (Å²) in [5.74, 6) is -1.64. The number of pyridine rings is 1. The minimum absolute atomic E-state index is 0.0184. The average molecular weight is 478 g/mol. The molecule has 7 heteroatoms. The van der Waals surface area contributed by atoms with Crippen LogP contribution in [0.5, 0.6) is 0 Å². The maximum atomic E-state index is 13.8. The average Bonchev–Trinajstić information content (AvgIpc) is 3.34. The summed E-state index contributed by atoms with van der Waals surface area (Å²) in [7, 11) is 0. The monoisotopic (exact) mass is 477 g/mol. The van der Waals surface area contributed by atoms with Gasteiger partial charge in [0.25, 0.3) is 0 Å². The maximum Gasteiger partial charge on any atom is 0.248 e. The van der Waals surface area contributed by atoms with Crippen LogP contribution in [0.1, 0.15) is 48.3 Å². The van der Waals surface area contributed by atoms with Gasteiger partial charge in [-0.25, -0.2) is 8.78 Å². The third-order valence-corrected chi connectivity index (χ3v) is 7.19. The molecule has 0 atom stereocenters. The fourth-order valence-corrected chi connectivity index (χ4v) is 5.22. The quantitative estimate of drug-likeness (QED) is 0.300. The molecule has 0 bridgehead atoms. The number of benzene rings is 1. The molecule has 1 saturated carbocycles. The molecule has 3 aromatic heterocycles. The summed E-state index contributed by atoms with van der Waals surface area (Å²) in [4.78, 5) is 4.83. The smallest absolute Gasteiger partial charge is 0.248 e. The fourth-order valence-electron chi connectivity index (χ4n) is 5.22. The van der Waals surface area contributed by atoms with E-state index in [0.717, 1.165) is 50.3 Å². The standard InChI is InChI=1S/C28H29F2N3O2/c1-16-5-6-21(11-23(16)18(3)34)24-15-33(14-20-7-9-28(29,30)10-8-20)25-12-22(13-31-27(24)25)26-17(2)32-35-19(26)4/h5-6,11-13,15,20,34H,3,7-10,14H2,1-2,4H3. The normalized spacial score (nSPS) is 16.1. The molecular weight excluding hydrogens is 448 g/mol. The van der Waals surface area contributed by atoms with Crippen molar-refractivity contribution in [1.82, 2.24) is 14.7 Å². The number of aryl methyl sites for hydroxylation is 3. The number of halogens is 2. The first-order valence-corrected chi connectivity index (χ1v) is 11.9. The van der Waals surface area contributed by atoms with Gasteiger partial charge >= 0.3 is 0 Å². The third kappa shape index (κ3) is 4.35. The largest absolute Gasteiger partial charge is 0.508 e. The van der Waals surface area contributed by atoms with E-state index in [4.69, 9.17) is 9.51 Å². The zero-order valence-electron chi connectivity index (χ0n) is 20.2. The lowest BCUT2D eigenvalue weighted by atomic mass is 9.87. The van der Waals surface area contributed by atoms with Gasteiger partial charge in [-0.05, 0) is 62.8 Å². The van der Waals surface area contributed by atoms with E-state index in [1.54, 1.807) is 0 Å². The molecule has 0 spiro atoms.